The molecule has 24 heteroatoms. The van der Waals surface area contributed by atoms with Crippen molar-refractivity contribution < 1.29 is 91.4 Å². The Morgan fingerprint density at radius 2 is 0.576 bits per heavy atom. The molecule has 0 saturated carbocycles. The highest BCUT2D eigenvalue weighted by atomic mass is 32.1. The van der Waals surface area contributed by atoms with E-state index in [1.54, 1.807) is 12.1 Å². The van der Waals surface area contributed by atoms with Crippen LogP contribution < -0.4 is 0 Å². The summed E-state index contributed by atoms with van der Waals surface area (Å²) in [6.07, 6.45) is 0. The molecule has 8 heterocycles. The second-order valence-electron chi connectivity index (χ2n) is 15.2. The fourth-order valence-corrected chi connectivity index (χ4v) is 14.3. The van der Waals surface area contributed by atoms with Gasteiger partial charge in [-0.25, -0.2) is 43.9 Å². The first-order chi connectivity index (χ1) is 31.6. The SMILES string of the molecule is O=C(c1cc2c(s1)-c1sc(-c3cc4c(s3)-c3sc(C(=O)c5c(F)c(F)c(F)c(F)c5F)cc3C35OCCOC43OCCO5)cc1C13OCCOC21OCCO3)c1c(F)c(F)c(F)c(F)c1F. The number of carbonyl (C=O) groups excluding carboxylic acids is 2. The standard InChI is InChI=1S/C42H20F10O10S4/c43-23-21(24(44)28(48)31(51)27(23)47)33(53)19-11-15-37(65-19)35-13(39-41(15,59-5-1-55-39)60-6-2-56-39)9-17(63-35)18-10-14-36(64-18)38-16(42-40(14,57-3-7-61-42)58-4-8-62-42)12-20(66-38)34(54)22-25(45)29(49)32(52)30(50)26(22)46/h9-12H,1-8H2. The summed E-state index contributed by atoms with van der Waals surface area (Å²) < 4.78 is 196. The van der Waals surface area contributed by atoms with E-state index in [0.29, 0.717) is 53.3 Å². The van der Waals surface area contributed by atoms with Gasteiger partial charge < -0.3 is 37.9 Å². The molecule has 6 aromatic rings. The summed E-state index contributed by atoms with van der Waals surface area (Å²) in [5.74, 6) is -34.0. The van der Waals surface area contributed by atoms with E-state index in [1.165, 1.54) is 12.1 Å². The molecule has 0 unspecified atom stereocenters. The van der Waals surface area contributed by atoms with E-state index in [2.05, 4.69) is 0 Å². The van der Waals surface area contributed by atoms with Gasteiger partial charge in [-0.05, 0) is 24.3 Å². The molecule has 10 nitrogen and oxygen atoms in total. The van der Waals surface area contributed by atoms with Gasteiger partial charge in [0.2, 0.25) is 23.2 Å². The first kappa shape index (κ1) is 42.9. The van der Waals surface area contributed by atoms with Gasteiger partial charge in [0.15, 0.2) is 46.5 Å². The van der Waals surface area contributed by atoms with Gasteiger partial charge in [0.25, 0.3) is 23.1 Å². The van der Waals surface area contributed by atoms with E-state index < -0.39 is 114 Å². The van der Waals surface area contributed by atoms with Crippen LogP contribution in [0.1, 0.15) is 52.7 Å². The van der Waals surface area contributed by atoms with Gasteiger partial charge in [-0.3, -0.25) is 9.59 Å². The lowest BCUT2D eigenvalue weighted by molar-refractivity contribution is -0.483. The molecule has 0 bridgehead atoms. The van der Waals surface area contributed by atoms with E-state index in [0.717, 1.165) is 22.7 Å². The van der Waals surface area contributed by atoms with Gasteiger partial charge in [0.1, 0.15) is 11.1 Å². The lowest BCUT2D eigenvalue weighted by atomic mass is 9.82. The zero-order chi connectivity index (χ0) is 46.0. The maximum atomic E-state index is 15.0. The molecule has 342 valence electrons. The minimum Gasteiger partial charge on any atom is -0.339 e. The Balaban J connectivity index is 1.04. The third kappa shape index (κ3) is 5.23. The second-order valence-corrected chi connectivity index (χ2v) is 19.4. The van der Waals surface area contributed by atoms with E-state index in [-0.39, 0.29) is 73.7 Å². The van der Waals surface area contributed by atoms with E-state index in [4.69, 9.17) is 37.9 Å². The van der Waals surface area contributed by atoms with Crippen molar-refractivity contribution in [3.8, 4) is 29.3 Å². The number of rotatable bonds is 5. The third-order valence-corrected chi connectivity index (χ3v) is 17.0. The van der Waals surface area contributed by atoms with Crippen molar-refractivity contribution in [3.05, 3.63) is 126 Å². The Morgan fingerprint density at radius 1 is 0.348 bits per heavy atom. The van der Waals surface area contributed by atoms with Crippen LogP contribution in [0.3, 0.4) is 0 Å². The second kappa shape index (κ2) is 14.5. The molecule has 0 atom stereocenters. The van der Waals surface area contributed by atoms with Crippen LogP contribution in [0.25, 0.3) is 29.3 Å². The Labute approximate surface area is 377 Å². The van der Waals surface area contributed by atoms with Crippen LogP contribution >= 0.6 is 45.3 Å². The summed E-state index contributed by atoms with van der Waals surface area (Å²) in [5.41, 5.74) is -2.46. The van der Waals surface area contributed by atoms with Crippen LogP contribution in [-0.2, 0) is 61.0 Å². The van der Waals surface area contributed by atoms with Crippen molar-refractivity contribution in [3.63, 3.8) is 0 Å². The van der Waals surface area contributed by atoms with Gasteiger partial charge in [-0.15, -0.1) is 45.3 Å². The van der Waals surface area contributed by atoms with Crippen molar-refractivity contribution in [1.29, 1.82) is 0 Å². The van der Waals surface area contributed by atoms with Crippen LogP contribution in [0.5, 0.6) is 0 Å². The van der Waals surface area contributed by atoms with Crippen LogP contribution in [0.15, 0.2) is 24.3 Å². The number of halogens is 10. The lowest BCUT2D eigenvalue weighted by Crippen LogP contribution is -2.63. The smallest absolute Gasteiger partial charge is 0.257 e. The third-order valence-electron chi connectivity index (χ3n) is 12.0. The van der Waals surface area contributed by atoms with Crippen molar-refractivity contribution in [2.24, 2.45) is 0 Å². The Kier molecular flexibility index (Phi) is 9.45. The largest absolute Gasteiger partial charge is 0.339 e. The van der Waals surface area contributed by atoms with Crippen molar-refractivity contribution in [2.45, 2.75) is 23.1 Å². The van der Waals surface area contributed by atoms with Crippen molar-refractivity contribution in [2.75, 3.05) is 52.9 Å². The highest BCUT2D eigenvalue weighted by Crippen LogP contribution is 2.67. The van der Waals surface area contributed by atoms with Crippen LogP contribution in [-0.4, -0.2) is 64.4 Å². The summed E-state index contributed by atoms with van der Waals surface area (Å²) >= 11 is 3.60. The average molecular weight is 1000 g/mol. The zero-order valence-corrected chi connectivity index (χ0v) is 35.7. The average Bonchev–Trinajstić information content (AvgIpc) is 4.16. The Bertz CT molecular complexity index is 2890. The van der Waals surface area contributed by atoms with E-state index in [1.807, 2.05) is 0 Å². The number of fused-ring (bicyclic) bond motifs is 6. The molecule has 66 heavy (non-hydrogen) atoms. The number of hydrogen-bond donors (Lipinski definition) is 0. The fraction of sp³-hybridized carbons (Fsp3) is 0.286. The van der Waals surface area contributed by atoms with Gasteiger partial charge >= 0.3 is 0 Å². The number of carbonyl (C=O) groups is 2. The molecule has 0 radical (unpaired) electrons. The normalized spacial score (nSPS) is 26.0. The molecule has 4 aliphatic heterocycles. The molecule has 0 N–H and O–H groups in total. The van der Waals surface area contributed by atoms with E-state index in [9.17, 15) is 35.9 Å². The van der Waals surface area contributed by atoms with Gasteiger partial charge in [-0.2, -0.15) is 0 Å². The zero-order valence-electron chi connectivity index (χ0n) is 32.5. The number of hydrogen-bond acceptors (Lipinski definition) is 14. The van der Waals surface area contributed by atoms with Crippen molar-refractivity contribution in [1.82, 2.24) is 0 Å². The molecule has 0 spiro atoms. The molecule has 6 aliphatic rings. The van der Waals surface area contributed by atoms with Crippen LogP contribution in [0, 0.1) is 58.2 Å². The van der Waals surface area contributed by atoms with Gasteiger partial charge in [0.05, 0.1) is 82.1 Å². The minimum atomic E-state index is -2.44. The van der Waals surface area contributed by atoms with Gasteiger partial charge in [0, 0.05) is 32.0 Å². The maximum absolute atomic E-state index is 15.0. The predicted molar refractivity (Wildman–Crippen MR) is 208 cm³/mol. The number of ketones is 2. The molecule has 2 aliphatic carbocycles. The summed E-state index contributed by atoms with van der Waals surface area (Å²) in [5, 5.41) is 0. The molecular weight excluding hydrogens is 983 g/mol. The van der Waals surface area contributed by atoms with Gasteiger partial charge in [-0.1, -0.05) is 0 Å². The highest BCUT2D eigenvalue weighted by molar-refractivity contribution is 7.29. The van der Waals surface area contributed by atoms with Crippen molar-refractivity contribution >= 4 is 56.9 Å². The van der Waals surface area contributed by atoms with Crippen LogP contribution in [0.2, 0.25) is 0 Å². The fourth-order valence-electron chi connectivity index (χ4n) is 9.28. The number of ether oxygens (including phenoxy) is 8. The first-order valence-corrected chi connectivity index (χ1v) is 22.7. The summed E-state index contributed by atoms with van der Waals surface area (Å²) in [6, 6.07) is 5.73. The lowest BCUT2D eigenvalue weighted by Gasteiger charge is -2.55. The molecule has 0 amide bonds. The minimum absolute atomic E-state index is 0.0225. The molecule has 12 rings (SSSR count). The Morgan fingerprint density at radius 3 is 0.848 bits per heavy atom. The molecule has 4 fully saturated rings. The molecule has 4 saturated heterocycles. The quantitative estimate of drug-likeness (QED) is 0.0718. The van der Waals surface area contributed by atoms with E-state index >= 15 is 17.6 Å². The summed E-state index contributed by atoms with van der Waals surface area (Å²) in [4.78, 5) is 29.0. The molecule has 2 aromatic carbocycles. The molecule has 4 aromatic heterocycles. The van der Waals surface area contributed by atoms with Crippen LogP contribution in [0.4, 0.5) is 43.9 Å². The first-order valence-electron chi connectivity index (χ1n) is 19.4. The monoisotopic (exact) mass is 1000 g/mol. The summed E-state index contributed by atoms with van der Waals surface area (Å²) in [6.45, 7) is -0.323. The topological polar surface area (TPSA) is 108 Å². The molecular formula is C42H20F10O10S4. The number of benzene rings is 2. The highest BCUT2D eigenvalue weighted by Gasteiger charge is 2.69. The number of thiophene rings is 4. The summed E-state index contributed by atoms with van der Waals surface area (Å²) in [7, 11) is 0. The maximum Gasteiger partial charge on any atom is 0.257 e. The Hall–Kier alpha value is -4.44. The predicted octanol–water partition coefficient (Wildman–Crippen LogP) is 9.61.